The molecular weight excluding hydrogens is 393 g/mol. The molecule has 0 bridgehead atoms. The molecule has 1 aliphatic rings. The van der Waals surface area contributed by atoms with Crippen molar-refractivity contribution in [1.29, 1.82) is 0 Å². The number of carbonyl (C=O) groups excluding carboxylic acids is 2. The number of nitrogens with two attached hydrogens (primary N) is 1. The van der Waals surface area contributed by atoms with E-state index < -0.39 is 29.9 Å². The van der Waals surface area contributed by atoms with Gasteiger partial charge in [-0.3, -0.25) is 4.79 Å². The van der Waals surface area contributed by atoms with Crippen LogP contribution < -0.4 is 10.5 Å². The molecule has 10 heteroatoms. The Morgan fingerprint density at radius 2 is 2.03 bits per heavy atom. The Hall–Kier alpha value is -3.17. The number of aromatic nitrogens is 3. The van der Waals surface area contributed by atoms with E-state index in [-0.39, 0.29) is 31.0 Å². The Balaban J connectivity index is 1.72. The summed E-state index contributed by atoms with van der Waals surface area (Å²) in [5.41, 5.74) is 6.31. The van der Waals surface area contributed by atoms with Crippen molar-refractivity contribution in [2.24, 2.45) is 5.73 Å². The van der Waals surface area contributed by atoms with Crippen LogP contribution in [0.4, 0.5) is 9.18 Å². The normalized spacial score (nSPS) is 19.4. The number of carbonyl (C=O) groups is 2. The average molecular weight is 419 g/mol. The molecule has 2 aromatic rings. The Kier molecular flexibility index (Phi) is 5.95. The third-order valence-electron chi connectivity index (χ3n) is 4.47. The number of nitrogens with zero attached hydrogens (tertiary/aromatic N) is 4. The standard InChI is InChI=1S/C20H26FN5O4/c1-12-8-24-26(10-12)13-7-14(17(22)27)18(23-9-13)29-16-5-6-25(11-15(16)21)19(28)30-20(2,3)4/h7-10,15-16H,5-6,11H2,1-4H3,(H2,22,27)/t15-,16+/m0/s1. The molecule has 0 spiro atoms. The van der Waals surface area contributed by atoms with Crippen LogP contribution in [0.25, 0.3) is 5.69 Å². The molecule has 1 aliphatic heterocycles. The molecule has 2 N–H and O–H groups in total. The van der Waals surface area contributed by atoms with Gasteiger partial charge in [-0.1, -0.05) is 0 Å². The molecule has 2 aromatic heterocycles. The lowest BCUT2D eigenvalue weighted by molar-refractivity contribution is -0.0115. The summed E-state index contributed by atoms with van der Waals surface area (Å²) in [6.45, 7) is 7.22. The van der Waals surface area contributed by atoms with Crippen LogP contribution in [0, 0.1) is 6.92 Å². The van der Waals surface area contributed by atoms with E-state index in [0.29, 0.717) is 5.69 Å². The van der Waals surface area contributed by atoms with Crippen LogP contribution in [0.3, 0.4) is 0 Å². The molecule has 162 valence electrons. The summed E-state index contributed by atoms with van der Waals surface area (Å²) in [7, 11) is 0. The first kappa shape index (κ1) is 21.5. The Labute approximate surface area is 174 Å². The molecule has 0 radical (unpaired) electrons. The van der Waals surface area contributed by atoms with Crippen molar-refractivity contribution >= 4 is 12.0 Å². The Morgan fingerprint density at radius 1 is 1.30 bits per heavy atom. The second-order valence-electron chi connectivity index (χ2n) is 8.26. The molecular formula is C20H26FN5O4. The predicted octanol–water partition coefficient (Wildman–Crippen LogP) is 2.40. The third-order valence-corrected chi connectivity index (χ3v) is 4.47. The zero-order valence-corrected chi connectivity index (χ0v) is 17.5. The molecule has 1 saturated heterocycles. The molecule has 9 nitrogen and oxygen atoms in total. The van der Waals surface area contributed by atoms with E-state index >= 15 is 0 Å². The lowest BCUT2D eigenvalue weighted by Gasteiger charge is -2.35. The maximum atomic E-state index is 14.7. The van der Waals surface area contributed by atoms with Gasteiger partial charge in [0.15, 0.2) is 6.17 Å². The van der Waals surface area contributed by atoms with Gasteiger partial charge < -0.3 is 20.1 Å². The minimum atomic E-state index is -1.47. The highest BCUT2D eigenvalue weighted by Gasteiger charge is 2.35. The molecule has 0 unspecified atom stereocenters. The zero-order valence-electron chi connectivity index (χ0n) is 17.5. The van der Waals surface area contributed by atoms with Crippen molar-refractivity contribution in [3.05, 3.63) is 35.8 Å². The number of pyridine rings is 1. The van der Waals surface area contributed by atoms with Crippen molar-refractivity contribution in [2.45, 2.75) is 52.0 Å². The largest absolute Gasteiger partial charge is 0.471 e. The molecule has 3 heterocycles. The molecule has 0 saturated carbocycles. The quantitative estimate of drug-likeness (QED) is 0.814. The average Bonchev–Trinajstić information content (AvgIpc) is 3.08. The van der Waals surface area contributed by atoms with Crippen LogP contribution in [0.15, 0.2) is 24.7 Å². The van der Waals surface area contributed by atoms with E-state index in [1.54, 1.807) is 37.8 Å². The van der Waals surface area contributed by atoms with E-state index in [9.17, 15) is 14.0 Å². The van der Waals surface area contributed by atoms with Crippen LogP contribution in [-0.4, -0.2) is 62.6 Å². The van der Waals surface area contributed by atoms with Crippen molar-refractivity contribution in [3.63, 3.8) is 0 Å². The molecule has 2 amide bonds. The fourth-order valence-corrected chi connectivity index (χ4v) is 3.04. The lowest BCUT2D eigenvalue weighted by Crippen LogP contribution is -2.50. The van der Waals surface area contributed by atoms with Crippen molar-refractivity contribution in [3.8, 4) is 11.6 Å². The van der Waals surface area contributed by atoms with Crippen molar-refractivity contribution in [1.82, 2.24) is 19.7 Å². The highest BCUT2D eigenvalue weighted by Crippen LogP contribution is 2.25. The van der Waals surface area contributed by atoms with Crippen molar-refractivity contribution < 1.29 is 23.5 Å². The topological polar surface area (TPSA) is 113 Å². The van der Waals surface area contributed by atoms with Gasteiger partial charge in [0, 0.05) is 19.2 Å². The number of halogens is 1. The molecule has 0 aromatic carbocycles. The fraction of sp³-hybridized carbons (Fsp3) is 0.500. The number of hydrogen-bond acceptors (Lipinski definition) is 6. The second-order valence-corrected chi connectivity index (χ2v) is 8.26. The van der Waals surface area contributed by atoms with Gasteiger partial charge in [0.2, 0.25) is 5.88 Å². The molecule has 3 rings (SSSR count). The van der Waals surface area contributed by atoms with Gasteiger partial charge in [-0.2, -0.15) is 5.10 Å². The van der Waals surface area contributed by atoms with Gasteiger partial charge >= 0.3 is 6.09 Å². The maximum Gasteiger partial charge on any atom is 0.410 e. The number of aryl methyl sites for hydroxylation is 1. The monoisotopic (exact) mass is 419 g/mol. The number of amides is 2. The summed E-state index contributed by atoms with van der Waals surface area (Å²) in [4.78, 5) is 29.5. The van der Waals surface area contributed by atoms with Crippen LogP contribution >= 0.6 is 0 Å². The number of ether oxygens (including phenoxy) is 2. The van der Waals surface area contributed by atoms with Crippen LogP contribution in [0.2, 0.25) is 0 Å². The molecule has 2 atom stereocenters. The van der Waals surface area contributed by atoms with Gasteiger partial charge in [-0.25, -0.2) is 18.9 Å². The van der Waals surface area contributed by atoms with Crippen molar-refractivity contribution in [2.75, 3.05) is 13.1 Å². The Bertz CT molecular complexity index is 940. The molecule has 30 heavy (non-hydrogen) atoms. The van der Waals surface area contributed by atoms with Gasteiger partial charge in [0.05, 0.1) is 24.6 Å². The van der Waals surface area contributed by atoms with E-state index in [0.717, 1.165) is 5.56 Å². The SMILES string of the molecule is Cc1cnn(-c2cnc(O[C@@H]3CCN(C(=O)OC(C)(C)C)C[C@@H]3F)c(C(N)=O)c2)c1. The lowest BCUT2D eigenvalue weighted by atomic mass is 10.1. The summed E-state index contributed by atoms with van der Waals surface area (Å²) in [5.74, 6) is -0.793. The van der Waals surface area contributed by atoms with E-state index in [1.807, 2.05) is 6.92 Å². The summed E-state index contributed by atoms with van der Waals surface area (Å²) >= 11 is 0. The first-order valence-electron chi connectivity index (χ1n) is 9.63. The van der Waals surface area contributed by atoms with Crippen LogP contribution in [-0.2, 0) is 4.74 Å². The third kappa shape index (κ3) is 5.05. The summed E-state index contributed by atoms with van der Waals surface area (Å²) in [6.07, 6.45) is 2.22. The number of likely N-dealkylation sites (tertiary alicyclic amines) is 1. The zero-order chi connectivity index (χ0) is 22.1. The highest BCUT2D eigenvalue weighted by molar-refractivity contribution is 5.95. The number of alkyl halides is 1. The number of primary amides is 1. The van der Waals surface area contributed by atoms with Crippen LogP contribution in [0.1, 0.15) is 43.1 Å². The van der Waals surface area contributed by atoms with Gasteiger partial charge in [0.25, 0.3) is 5.91 Å². The first-order valence-corrected chi connectivity index (χ1v) is 9.63. The summed E-state index contributed by atoms with van der Waals surface area (Å²) < 4.78 is 27.2. The van der Waals surface area contributed by atoms with E-state index in [1.165, 1.54) is 17.2 Å². The van der Waals surface area contributed by atoms with Crippen LogP contribution in [0.5, 0.6) is 5.88 Å². The van der Waals surface area contributed by atoms with Gasteiger partial charge in [0.1, 0.15) is 17.3 Å². The molecule has 1 fully saturated rings. The Morgan fingerprint density at radius 3 is 2.60 bits per heavy atom. The van der Waals surface area contributed by atoms with E-state index in [2.05, 4.69) is 10.1 Å². The fourth-order valence-electron chi connectivity index (χ4n) is 3.04. The number of piperidine rings is 1. The summed E-state index contributed by atoms with van der Waals surface area (Å²) in [5, 5.41) is 4.17. The smallest absolute Gasteiger partial charge is 0.410 e. The number of rotatable bonds is 4. The minimum absolute atomic E-state index is 0.0300. The maximum absolute atomic E-state index is 14.7. The van der Waals surface area contributed by atoms with Gasteiger partial charge in [-0.05, 0) is 39.3 Å². The highest BCUT2D eigenvalue weighted by atomic mass is 19.1. The number of hydrogen-bond donors (Lipinski definition) is 1. The van der Waals surface area contributed by atoms with E-state index in [4.69, 9.17) is 15.2 Å². The summed E-state index contributed by atoms with van der Waals surface area (Å²) in [6, 6.07) is 1.50. The second kappa shape index (κ2) is 8.29. The first-order chi connectivity index (χ1) is 14.0. The predicted molar refractivity (Wildman–Crippen MR) is 106 cm³/mol. The molecule has 0 aliphatic carbocycles. The van der Waals surface area contributed by atoms with Gasteiger partial charge in [-0.15, -0.1) is 0 Å². The minimum Gasteiger partial charge on any atom is -0.471 e.